The van der Waals surface area contributed by atoms with E-state index in [0.29, 0.717) is 32.5 Å². The van der Waals surface area contributed by atoms with Crippen LogP contribution >= 0.6 is 0 Å². The molecular weight excluding hydrogens is 247 g/mol. The van der Waals surface area contributed by atoms with Crippen molar-refractivity contribution in [3.63, 3.8) is 0 Å². The summed E-state index contributed by atoms with van der Waals surface area (Å²) in [7, 11) is 1.80. The average Bonchev–Trinajstić information content (AvgIpc) is 2.28. The number of carbonyl (C=O) groups is 1. The Morgan fingerprint density at radius 3 is 2.67 bits per heavy atom. The summed E-state index contributed by atoms with van der Waals surface area (Å²) in [6, 6.07) is -0.357. The van der Waals surface area contributed by atoms with E-state index in [1.807, 2.05) is 4.90 Å². The van der Waals surface area contributed by atoms with Gasteiger partial charge in [0, 0.05) is 32.2 Å². The Balaban J connectivity index is 2.65. The number of amides is 1. The average molecular weight is 267 g/mol. The third-order valence-corrected chi connectivity index (χ3v) is 3.16. The van der Waals surface area contributed by atoms with Crippen molar-refractivity contribution in [3.05, 3.63) is 0 Å². The van der Waals surface area contributed by atoms with Crippen LogP contribution in [0.1, 0.15) is 19.3 Å². The number of rotatable bonds is 4. The highest BCUT2D eigenvalue weighted by Crippen LogP contribution is 2.25. The number of piperidine rings is 1. The zero-order valence-corrected chi connectivity index (χ0v) is 10.5. The van der Waals surface area contributed by atoms with Crippen LogP contribution in [0.25, 0.3) is 0 Å². The third kappa shape index (κ3) is 4.13. The summed E-state index contributed by atoms with van der Waals surface area (Å²) >= 11 is 0. The van der Waals surface area contributed by atoms with Crippen molar-refractivity contribution < 1.29 is 18.0 Å². The summed E-state index contributed by atoms with van der Waals surface area (Å²) in [6.07, 6.45) is -2.65. The monoisotopic (exact) mass is 267 g/mol. The van der Waals surface area contributed by atoms with Crippen LogP contribution in [-0.2, 0) is 4.79 Å². The van der Waals surface area contributed by atoms with Gasteiger partial charge in [-0.05, 0) is 26.3 Å². The molecule has 1 atom stereocenters. The highest BCUT2D eigenvalue weighted by atomic mass is 19.4. The minimum atomic E-state index is -4.78. The molecule has 1 unspecified atom stereocenters. The Morgan fingerprint density at radius 2 is 2.11 bits per heavy atom. The molecule has 0 spiro atoms. The molecule has 0 radical (unpaired) electrons. The summed E-state index contributed by atoms with van der Waals surface area (Å²) in [5.74, 6) is -1.71. The second-order valence-corrected chi connectivity index (χ2v) is 4.70. The highest BCUT2D eigenvalue weighted by molar-refractivity contribution is 5.82. The summed E-state index contributed by atoms with van der Waals surface area (Å²) in [4.78, 5) is 14.2. The van der Waals surface area contributed by atoms with Crippen LogP contribution in [0, 0.1) is 0 Å². The first kappa shape index (κ1) is 15.2. The molecule has 0 saturated carbocycles. The molecule has 1 aliphatic rings. The van der Waals surface area contributed by atoms with Gasteiger partial charge in [-0.3, -0.25) is 4.79 Å². The van der Waals surface area contributed by atoms with Crippen LogP contribution in [0.4, 0.5) is 13.2 Å². The number of nitrogens with zero attached hydrogens (tertiary/aromatic N) is 2. The van der Waals surface area contributed by atoms with Crippen molar-refractivity contribution in [2.45, 2.75) is 31.5 Å². The van der Waals surface area contributed by atoms with E-state index in [4.69, 9.17) is 5.73 Å². The van der Waals surface area contributed by atoms with Crippen molar-refractivity contribution in [1.29, 1.82) is 0 Å². The molecule has 7 heteroatoms. The lowest BCUT2D eigenvalue weighted by Gasteiger charge is -2.38. The van der Waals surface area contributed by atoms with E-state index in [1.54, 1.807) is 7.05 Å². The van der Waals surface area contributed by atoms with Crippen LogP contribution in [0.3, 0.4) is 0 Å². The van der Waals surface area contributed by atoms with E-state index in [1.165, 1.54) is 0 Å². The molecule has 18 heavy (non-hydrogen) atoms. The van der Waals surface area contributed by atoms with Crippen molar-refractivity contribution in [2.24, 2.45) is 5.73 Å². The number of carbonyl (C=O) groups excluding carboxylic acids is 1. The fourth-order valence-electron chi connectivity index (χ4n) is 2.29. The number of nitrogens with two attached hydrogens (primary N) is 1. The molecule has 4 nitrogen and oxygen atoms in total. The van der Waals surface area contributed by atoms with E-state index in [-0.39, 0.29) is 12.6 Å². The van der Waals surface area contributed by atoms with E-state index in [9.17, 15) is 18.0 Å². The zero-order chi connectivity index (χ0) is 13.8. The molecule has 0 aliphatic carbocycles. The molecule has 106 valence electrons. The lowest BCUT2D eigenvalue weighted by atomic mass is 10.0. The lowest BCUT2D eigenvalue weighted by Crippen LogP contribution is -2.53. The number of alkyl halides is 3. The first-order chi connectivity index (χ1) is 8.36. The van der Waals surface area contributed by atoms with Gasteiger partial charge in [0.1, 0.15) is 0 Å². The molecule has 1 fully saturated rings. The summed E-state index contributed by atoms with van der Waals surface area (Å²) in [5.41, 5.74) is 5.40. The van der Waals surface area contributed by atoms with Crippen LogP contribution in [-0.4, -0.2) is 61.2 Å². The van der Waals surface area contributed by atoms with Crippen molar-refractivity contribution in [2.75, 3.05) is 33.2 Å². The molecule has 0 aromatic carbocycles. The smallest absolute Gasteiger partial charge is 0.331 e. The highest BCUT2D eigenvalue weighted by Gasteiger charge is 2.45. The first-order valence-corrected chi connectivity index (χ1v) is 6.12. The normalized spacial score (nSPS) is 21.4. The van der Waals surface area contributed by atoms with Gasteiger partial charge in [-0.15, -0.1) is 0 Å². The number of hydrogen-bond acceptors (Lipinski definition) is 3. The maximum absolute atomic E-state index is 12.5. The van der Waals surface area contributed by atoms with Gasteiger partial charge in [-0.25, -0.2) is 0 Å². The number of likely N-dealkylation sites (N-methyl/N-ethyl adjacent to an activating group) is 1. The van der Waals surface area contributed by atoms with E-state index in [0.717, 1.165) is 11.3 Å². The predicted molar refractivity (Wildman–Crippen MR) is 62.0 cm³/mol. The summed E-state index contributed by atoms with van der Waals surface area (Å²) < 4.78 is 37.4. The van der Waals surface area contributed by atoms with Gasteiger partial charge in [-0.2, -0.15) is 13.2 Å². The molecule has 2 N–H and O–H groups in total. The lowest BCUT2D eigenvalue weighted by molar-refractivity contribution is -0.189. The number of likely N-dealkylation sites (tertiary alicyclic amines) is 1. The number of hydrogen-bond donors (Lipinski definition) is 1. The molecule has 1 rings (SSSR count). The Hall–Kier alpha value is -0.820. The first-order valence-electron chi connectivity index (χ1n) is 6.12. The second-order valence-electron chi connectivity index (χ2n) is 4.70. The van der Waals surface area contributed by atoms with Gasteiger partial charge >= 0.3 is 12.1 Å². The predicted octanol–water partition coefficient (Wildman–Crippen LogP) is 0.820. The third-order valence-electron chi connectivity index (χ3n) is 3.16. The van der Waals surface area contributed by atoms with E-state index >= 15 is 0 Å². The topological polar surface area (TPSA) is 49.6 Å². The molecule has 1 heterocycles. The van der Waals surface area contributed by atoms with E-state index in [2.05, 4.69) is 0 Å². The minimum absolute atomic E-state index is 0.194. The van der Waals surface area contributed by atoms with Crippen LogP contribution in [0.15, 0.2) is 0 Å². The van der Waals surface area contributed by atoms with Crippen LogP contribution < -0.4 is 5.73 Å². The molecule has 1 amide bonds. The minimum Gasteiger partial charge on any atom is -0.331 e. The maximum atomic E-state index is 12.5. The van der Waals surface area contributed by atoms with Crippen molar-refractivity contribution in [3.8, 4) is 0 Å². The fourth-order valence-corrected chi connectivity index (χ4v) is 2.29. The maximum Gasteiger partial charge on any atom is 0.471 e. The fraction of sp³-hybridized carbons (Fsp3) is 0.909. The van der Waals surface area contributed by atoms with Gasteiger partial charge in [0.15, 0.2) is 0 Å². The van der Waals surface area contributed by atoms with Gasteiger partial charge in [0.25, 0.3) is 0 Å². The summed E-state index contributed by atoms with van der Waals surface area (Å²) in [5, 5.41) is 0. The number of halogens is 3. The molecule has 0 aromatic heterocycles. The van der Waals surface area contributed by atoms with Gasteiger partial charge in [-0.1, -0.05) is 0 Å². The molecule has 1 aliphatic heterocycles. The standard InChI is InChI=1S/C11H20F3N3O/c1-16(7-5-15)8-9-4-2-3-6-17(9)10(18)11(12,13)14/h9H,2-8,15H2,1H3. The van der Waals surface area contributed by atoms with Gasteiger partial charge in [0.2, 0.25) is 0 Å². The van der Waals surface area contributed by atoms with Crippen LogP contribution in [0.2, 0.25) is 0 Å². The second kappa shape index (κ2) is 6.38. The SMILES string of the molecule is CN(CCN)CC1CCCCN1C(=O)C(F)(F)F. The van der Waals surface area contributed by atoms with E-state index < -0.39 is 12.1 Å². The Kier molecular flexibility index (Phi) is 5.40. The van der Waals surface area contributed by atoms with Crippen molar-refractivity contribution in [1.82, 2.24) is 9.80 Å². The zero-order valence-electron chi connectivity index (χ0n) is 10.5. The van der Waals surface area contributed by atoms with Crippen molar-refractivity contribution >= 4 is 5.91 Å². The van der Waals surface area contributed by atoms with Gasteiger partial charge in [0.05, 0.1) is 0 Å². The summed E-state index contributed by atoms with van der Waals surface area (Å²) in [6.45, 7) is 1.71. The molecule has 1 saturated heterocycles. The molecule has 0 bridgehead atoms. The Morgan fingerprint density at radius 1 is 1.44 bits per heavy atom. The van der Waals surface area contributed by atoms with Crippen LogP contribution in [0.5, 0.6) is 0 Å². The quantitative estimate of drug-likeness (QED) is 0.820. The Labute approximate surface area is 105 Å². The van der Waals surface area contributed by atoms with Gasteiger partial charge < -0.3 is 15.5 Å². The largest absolute Gasteiger partial charge is 0.471 e. The molecule has 0 aromatic rings. The molecular formula is C11H20F3N3O. The Bertz CT molecular complexity index is 283.